The fourth-order valence-electron chi connectivity index (χ4n) is 2.52. The lowest BCUT2D eigenvalue weighted by atomic mass is 10.2. The molecule has 7 heteroatoms. The molecule has 0 radical (unpaired) electrons. The highest BCUT2D eigenvalue weighted by atomic mass is 32.1. The Kier molecular flexibility index (Phi) is 5.00. The Morgan fingerprint density at radius 2 is 2.12 bits per heavy atom. The number of rotatable bonds is 6. The second kappa shape index (κ2) is 7.35. The first kappa shape index (κ1) is 16.3. The van der Waals surface area contributed by atoms with Gasteiger partial charge in [0.1, 0.15) is 17.0 Å². The van der Waals surface area contributed by atoms with E-state index in [9.17, 15) is 4.79 Å². The summed E-state index contributed by atoms with van der Waals surface area (Å²) in [5, 5.41) is 7.11. The average molecular weight is 341 g/mol. The van der Waals surface area contributed by atoms with Gasteiger partial charge in [-0.2, -0.15) is 0 Å². The maximum atomic E-state index is 12.2. The third-order valence-corrected chi connectivity index (χ3v) is 4.87. The second-order valence-corrected chi connectivity index (χ2v) is 6.31. The maximum absolute atomic E-state index is 12.2. The molecule has 3 aromatic rings. The Morgan fingerprint density at radius 3 is 2.88 bits per heavy atom. The number of nitrogens with zero attached hydrogens (tertiary/aromatic N) is 3. The van der Waals surface area contributed by atoms with Crippen LogP contribution in [0.5, 0.6) is 0 Å². The fraction of sp³-hybridized carbons (Fsp3) is 0.294. The number of thiophene rings is 1. The van der Waals surface area contributed by atoms with Crippen molar-refractivity contribution < 1.29 is 4.79 Å². The Labute approximate surface area is 144 Å². The van der Waals surface area contributed by atoms with Crippen molar-refractivity contribution in [2.24, 2.45) is 0 Å². The molecule has 0 saturated heterocycles. The lowest BCUT2D eigenvalue weighted by molar-refractivity contribution is 0.0959. The number of aryl methyl sites for hydroxylation is 1. The molecule has 0 aromatic carbocycles. The predicted octanol–water partition coefficient (Wildman–Crippen LogP) is 2.80. The smallest absolute Gasteiger partial charge is 0.261 e. The molecule has 0 fully saturated rings. The van der Waals surface area contributed by atoms with Crippen molar-refractivity contribution in [2.75, 3.05) is 18.4 Å². The van der Waals surface area contributed by atoms with Gasteiger partial charge in [0.05, 0.1) is 10.3 Å². The molecule has 0 aliphatic carbocycles. The monoisotopic (exact) mass is 341 g/mol. The number of nitrogens with one attached hydrogen (secondary N) is 2. The molecule has 6 nitrogen and oxygen atoms in total. The van der Waals surface area contributed by atoms with Gasteiger partial charge in [0.15, 0.2) is 0 Å². The third kappa shape index (κ3) is 3.35. The molecule has 0 spiro atoms. The summed E-state index contributed by atoms with van der Waals surface area (Å²) >= 11 is 1.40. The van der Waals surface area contributed by atoms with Crippen molar-refractivity contribution in [3.63, 3.8) is 0 Å². The van der Waals surface area contributed by atoms with E-state index >= 15 is 0 Å². The van der Waals surface area contributed by atoms with E-state index in [1.54, 1.807) is 6.20 Å². The van der Waals surface area contributed by atoms with E-state index in [1.807, 2.05) is 32.0 Å². The highest BCUT2D eigenvalue weighted by molar-refractivity contribution is 7.20. The summed E-state index contributed by atoms with van der Waals surface area (Å²) in [5.74, 6) is 0.706. The standard InChI is InChI=1S/C17H19N5OS/c1-3-18-16(23)14-11(2)13-15(21-10-22-17(13)24-14)20-9-7-12-6-4-5-8-19-12/h4-6,8,10H,3,7,9H2,1-2H3,(H,18,23)(H,20,21,22). The van der Waals surface area contributed by atoms with E-state index in [2.05, 4.69) is 25.6 Å². The molecule has 3 heterocycles. The van der Waals surface area contributed by atoms with Gasteiger partial charge in [-0.15, -0.1) is 11.3 Å². The number of amides is 1. The number of hydrogen-bond acceptors (Lipinski definition) is 6. The van der Waals surface area contributed by atoms with E-state index < -0.39 is 0 Å². The van der Waals surface area contributed by atoms with Gasteiger partial charge >= 0.3 is 0 Å². The Morgan fingerprint density at radius 1 is 1.25 bits per heavy atom. The summed E-state index contributed by atoms with van der Waals surface area (Å²) in [6.45, 7) is 5.17. The summed E-state index contributed by atoms with van der Waals surface area (Å²) in [6, 6.07) is 5.88. The zero-order chi connectivity index (χ0) is 16.9. The molecule has 0 aliphatic rings. The number of pyridine rings is 1. The molecule has 1 amide bonds. The van der Waals surface area contributed by atoms with Crippen LogP contribution in [0.25, 0.3) is 10.2 Å². The van der Waals surface area contributed by atoms with Gasteiger partial charge in [-0.05, 0) is 31.5 Å². The van der Waals surface area contributed by atoms with Crippen molar-refractivity contribution in [1.29, 1.82) is 0 Å². The van der Waals surface area contributed by atoms with Crippen LogP contribution in [0.3, 0.4) is 0 Å². The first-order valence-corrected chi connectivity index (χ1v) is 8.68. The fourth-order valence-corrected chi connectivity index (χ4v) is 3.58. The first-order chi connectivity index (χ1) is 11.7. The van der Waals surface area contributed by atoms with Crippen molar-refractivity contribution in [3.8, 4) is 0 Å². The number of carbonyl (C=O) groups excluding carboxylic acids is 1. The van der Waals surface area contributed by atoms with Crippen LogP contribution in [0.1, 0.15) is 27.9 Å². The van der Waals surface area contributed by atoms with E-state index in [1.165, 1.54) is 17.7 Å². The molecule has 124 valence electrons. The van der Waals surface area contributed by atoms with Crippen molar-refractivity contribution in [2.45, 2.75) is 20.3 Å². The topological polar surface area (TPSA) is 79.8 Å². The van der Waals surface area contributed by atoms with E-state index in [0.29, 0.717) is 11.4 Å². The minimum absolute atomic E-state index is 0.0579. The van der Waals surface area contributed by atoms with Crippen LogP contribution in [-0.4, -0.2) is 33.9 Å². The maximum Gasteiger partial charge on any atom is 0.261 e. The van der Waals surface area contributed by atoms with Crippen molar-refractivity contribution in [1.82, 2.24) is 20.3 Å². The normalized spacial score (nSPS) is 10.8. The van der Waals surface area contributed by atoms with Crippen LogP contribution in [-0.2, 0) is 6.42 Å². The molecular formula is C17H19N5OS. The molecule has 0 atom stereocenters. The van der Waals surface area contributed by atoms with E-state index in [4.69, 9.17) is 0 Å². The van der Waals surface area contributed by atoms with Gasteiger partial charge in [0, 0.05) is 31.4 Å². The van der Waals surface area contributed by atoms with E-state index in [0.717, 1.165) is 40.3 Å². The van der Waals surface area contributed by atoms with Crippen molar-refractivity contribution in [3.05, 3.63) is 46.9 Å². The minimum atomic E-state index is -0.0579. The molecule has 24 heavy (non-hydrogen) atoms. The molecule has 0 aliphatic heterocycles. The minimum Gasteiger partial charge on any atom is -0.369 e. The largest absolute Gasteiger partial charge is 0.369 e. The van der Waals surface area contributed by atoms with Gasteiger partial charge < -0.3 is 10.6 Å². The Bertz CT molecular complexity index is 847. The molecular weight excluding hydrogens is 322 g/mol. The molecule has 0 bridgehead atoms. The molecule has 3 rings (SSSR count). The van der Waals surface area contributed by atoms with Gasteiger partial charge in [-0.3, -0.25) is 9.78 Å². The van der Waals surface area contributed by atoms with Gasteiger partial charge in [-0.25, -0.2) is 9.97 Å². The zero-order valence-electron chi connectivity index (χ0n) is 13.7. The molecule has 2 N–H and O–H groups in total. The molecule has 0 saturated carbocycles. The van der Waals surface area contributed by atoms with Crippen LogP contribution in [0.15, 0.2) is 30.7 Å². The van der Waals surface area contributed by atoms with Crippen LogP contribution < -0.4 is 10.6 Å². The molecule has 3 aromatic heterocycles. The lowest BCUT2D eigenvalue weighted by Crippen LogP contribution is -2.22. The summed E-state index contributed by atoms with van der Waals surface area (Å²) in [5.41, 5.74) is 1.95. The highest BCUT2D eigenvalue weighted by Crippen LogP contribution is 2.33. The predicted molar refractivity (Wildman–Crippen MR) is 96.6 cm³/mol. The number of carbonyl (C=O) groups is 1. The quantitative estimate of drug-likeness (QED) is 0.721. The van der Waals surface area contributed by atoms with Crippen LogP contribution >= 0.6 is 11.3 Å². The Balaban J connectivity index is 1.82. The summed E-state index contributed by atoms with van der Waals surface area (Å²) < 4.78 is 0. The highest BCUT2D eigenvalue weighted by Gasteiger charge is 2.18. The third-order valence-electron chi connectivity index (χ3n) is 3.67. The van der Waals surface area contributed by atoms with Gasteiger partial charge in [0.2, 0.25) is 0 Å². The summed E-state index contributed by atoms with van der Waals surface area (Å²) in [4.78, 5) is 26.7. The van der Waals surface area contributed by atoms with E-state index in [-0.39, 0.29) is 5.91 Å². The number of fused-ring (bicyclic) bond motifs is 1. The van der Waals surface area contributed by atoms with Crippen LogP contribution in [0, 0.1) is 6.92 Å². The SMILES string of the molecule is CCNC(=O)c1sc2ncnc(NCCc3ccccn3)c2c1C. The average Bonchev–Trinajstić information content (AvgIpc) is 2.94. The first-order valence-electron chi connectivity index (χ1n) is 7.86. The van der Waals surface area contributed by atoms with Crippen molar-refractivity contribution >= 4 is 33.3 Å². The summed E-state index contributed by atoms with van der Waals surface area (Å²) in [6.07, 6.45) is 4.13. The number of hydrogen-bond donors (Lipinski definition) is 2. The van der Waals surface area contributed by atoms with Crippen LogP contribution in [0.2, 0.25) is 0 Å². The Hall–Kier alpha value is -2.54. The second-order valence-electron chi connectivity index (χ2n) is 5.32. The van der Waals surface area contributed by atoms with Gasteiger partial charge in [0.25, 0.3) is 5.91 Å². The zero-order valence-corrected chi connectivity index (χ0v) is 14.5. The lowest BCUT2D eigenvalue weighted by Gasteiger charge is -2.07. The van der Waals surface area contributed by atoms with Crippen LogP contribution in [0.4, 0.5) is 5.82 Å². The summed E-state index contributed by atoms with van der Waals surface area (Å²) in [7, 11) is 0. The number of anilines is 1. The number of aromatic nitrogens is 3. The van der Waals surface area contributed by atoms with Gasteiger partial charge in [-0.1, -0.05) is 6.07 Å². The molecule has 0 unspecified atom stereocenters.